The number of methoxy groups -OCH3 is 1. The molecule has 1 atom stereocenters. The first-order valence-corrected chi connectivity index (χ1v) is 5.44. The molecular weight excluding hydrogens is 178 g/mol. The van der Waals surface area contributed by atoms with E-state index in [1.807, 2.05) is 0 Å². The summed E-state index contributed by atoms with van der Waals surface area (Å²) in [4.78, 5) is 13.6. The molecule has 1 saturated carbocycles. The molecule has 1 aliphatic carbocycles. The Hall–Kier alpha value is -0.410. The highest BCUT2D eigenvalue weighted by Crippen LogP contribution is 2.21. The van der Waals surface area contributed by atoms with Crippen LogP contribution in [-0.4, -0.2) is 44.5 Å². The smallest absolute Gasteiger partial charge is 0.137 e. The second kappa shape index (κ2) is 6.14. The van der Waals surface area contributed by atoms with Crippen LogP contribution in [0.5, 0.6) is 0 Å². The van der Waals surface area contributed by atoms with Crippen LogP contribution >= 0.6 is 0 Å². The molecule has 1 rings (SSSR count). The maximum atomic E-state index is 11.4. The van der Waals surface area contributed by atoms with Gasteiger partial charge in [-0.25, -0.2) is 0 Å². The summed E-state index contributed by atoms with van der Waals surface area (Å²) in [5.41, 5.74) is 0. The van der Waals surface area contributed by atoms with Gasteiger partial charge in [-0.1, -0.05) is 0 Å². The molecule has 1 aliphatic rings. The summed E-state index contributed by atoms with van der Waals surface area (Å²) in [6.07, 6.45) is 4.04. The minimum atomic E-state index is 0.308. The Morgan fingerprint density at radius 2 is 2.36 bits per heavy atom. The number of Topliss-reactive ketones (excluding diaryl/α,β-unsaturated/α-hetero) is 1. The van der Waals surface area contributed by atoms with Gasteiger partial charge in [0.05, 0.1) is 0 Å². The molecule has 0 N–H and O–H groups in total. The summed E-state index contributed by atoms with van der Waals surface area (Å²) < 4.78 is 4.99. The Morgan fingerprint density at radius 3 is 2.93 bits per heavy atom. The summed E-state index contributed by atoms with van der Waals surface area (Å²) >= 11 is 0. The molecule has 0 aromatic carbocycles. The van der Waals surface area contributed by atoms with E-state index in [-0.39, 0.29) is 0 Å². The third-order valence-electron chi connectivity index (χ3n) is 2.85. The van der Waals surface area contributed by atoms with Crippen LogP contribution in [0.2, 0.25) is 0 Å². The van der Waals surface area contributed by atoms with Crippen molar-refractivity contribution >= 4 is 5.78 Å². The normalized spacial score (nSPS) is 22.2. The van der Waals surface area contributed by atoms with Gasteiger partial charge in [-0.2, -0.15) is 0 Å². The standard InChI is InChI=1S/C11H21NO2/c1-12(7-4-8-14-2)9-10-5-3-6-11(10)13/h10H,3-9H2,1-2H3. The molecule has 0 amide bonds. The van der Waals surface area contributed by atoms with E-state index in [9.17, 15) is 4.79 Å². The number of rotatable bonds is 6. The van der Waals surface area contributed by atoms with Gasteiger partial charge in [-0.3, -0.25) is 4.79 Å². The zero-order valence-corrected chi connectivity index (χ0v) is 9.29. The van der Waals surface area contributed by atoms with Gasteiger partial charge >= 0.3 is 0 Å². The molecule has 0 radical (unpaired) electrons. The third-order valence-corrected chi connectivity index (χ3v) is 2.85. The van der Waals surface area contributed by atoms with Crippen LogP contribution in [0.4, 0.5) is 0 Å². The second-order valence-electron chi connectivity index (χ2n) is 4.16. The predicted octanol–water partition coefficient (Wildman–Crippen LogP) is 1.32. The van der Waals surface area contributed by atoms with Crippen molar-refractivity contribution in [2.24, 2.45) is 5.92 Å². The van der Waals surface area contributed by atoms with Crippen molar-refractivity contribution in [2.45, 2.75) is 25.7 Å². The highest BCUT2D eigenvalue weighted by molar-refractivity contribution is 5.83. The van der Waals surface area contributed by atoms with Crippen molar-refractivity contribution in [3.63, 3.8) is 0 Å². The fourth-order valence-corrected chi connectivity index (χ4v) is 2.03. The number of nitrogens with zero attached hydrogens (tertiary/aromatic N) is 1. The van der Waals surface area contributed by atoms with Gasteiger partial charge in [0, 0.05) is 39.1 Å². The molecule has 0 saturated heterocycles. The Labute approximate surface area is 86.4 Å². The lowest BCUT2D eigenvalue weighted by atomic mass is 10.1. The fourth-order valence-electron chi connectivity index (χ4n) is 2.03. The van der Waals surface area contributed by atoms with E-state index in [0.717, 1.165) is 45.4 Å². The molecule has 0 spiro atoms. The molecule has 3 nitrogen and oxygen atoms in total. The van der Waals surface area contributed by atoms with Gasteiger partial charge in [-0.05, 0) is 26.3 Å². The lowest BCUT2D eigenvalue weighted by molar-refractivity contribution is -0.121. The van der Waals surface area contributed by atoms with Crippen LogP contribution in [-0.2, 0) is 9.53 Å². The lowest BCUT2D eigenvalue weighted by Crippen LogP contribution is -2.29. The second-order valence-corrected chi connectivity index (χ2v) is 4.16. The lowest BCUT2D eigenvalue weighted by Gasteiger charge is -2.19. The molecule has 1 fully saturated rings. The maximum Gasteiger partial charge on any atom is 0.137 e. The molecule has 0 heterocycles. The number of ketones is 1. The van der Waals surface area contributed by atoms with E-state index in [1.54, 1.807) is 7.11 Å². The molecule has 14 heavy (non-hydrogen) atoms. The van der Waals surface area contributed by atoms with Crippen LogP contribution in [0, 0.1) is 5.92 Å². The third kappa shape index (κ3) is 3.76. The number of hydrogen-bond acceptors (Lipinski definition) is 3. The first-order chi connectivity index (χ1) is 6.74. The van der Waals surface area contributed by atoms with E-state index < -0.39 is 0 Å². The fraction of sp³-hybridized carbons (Fsp3) is 0.909. The Morgan fingerprint density at radius 1 is 1.57 bits per heavy atom. The van der Waals surface area contributed by atoms with E-state index in [2.05, 4.69) is 11.9 Å². The quantitative estimate of drug-likeness (QED) is 0.604. The minimum absolute atomic E-state index is 0.308. The van der Waals surface area contributed by atoms with Gasteiger partial charge < -0.3 is 9.64 Å². The first kappa shape index (κ1) is 11.7. The van der Waals surface area contributed by atoms with E-state index in [1.165, 1.54) is 0 Å². The van der Waals surface area contributed by atoms with Crippen molar-refractivity contribution in [2.75, 3.05) is 33.9 Å². The zero-order chi connectivity index (χ0) is 10.4. The Balaban J connectivity index is 2.12. The highest BCUT2D eigenvalue weighted by atomic mass is 16.5. The molecule has 0 aromatic rings. The van der Waals surface area contributed by atoms with Crippen molar-refractivity contribution in [3.05, 3.63) is 0 Å². The van der Waals surface area contributed by atoms with Gasteiger partial charge in [-0.15, -0.1) is 0 Å². The monoisotopic (exact) mass is 199 g/mol. The van der Waals surface area contributed by atoms with Crippen molar-refractivity contribution in [3.8, 4) is 0 Å². The van der Waals surface area contributed by atoms with Crippen LogP contribution in [0.3, 0.4) is 0 Å². The molecule has 0 aromatic heterocycles. The van der Waals surface area contributed by atoms with Gasteiger partial charge in [0.1, 0.15) is 5.78 Å². The van der Waals surface area contributed by atoms with Gasteiger partial charge in [0.15, 0.2) is 0 Å². The molecule has 0 bridgehead atoms. The summed E-state index contributed by atoms with van der Waals surface area (Å²) in [5.74, 6) is 0.770. The maximum absolute atomic E-state index is 11.4. The molecule has 1 unspecified atom stereocenters. The van der Waals surface area contributed by atoms with Crippen LogP contribution in [0.15, 0.2) is 0 Å². The van der Waals surface area contributed by atoms with Crippen LogP contribution < -0.4 is 0 Å². The summed E-state index contributed by atoms with van der Waals surface area (Å²) in [6.45, 7) is 2.77. The van der Waals surface area contributed by atoms with Crippen molar-refractivity contribution in [1.82, 2.24) is 4.90 Å². The summed E-state index contributed by atoms with van der Waals surface area (Å²) in [5, 5.41) is 0. The number of carbonyl (C=O) groups excluding carboxylic acids is 1. The molecule has 3 heteroatoms. The molecule has 82 valence electrons. The average molecular weight is 199 g/mol. The summed E-state index contributed by atoms with van der Waals surface area (Å²) in [6, 6.07) is 0. The first-order valence-electron chi connectivity index (χ1n) is 5.44. The zero-order valence-electron chi connectivity index (χ0n) is 9.29. The minimum Gasteiger partial charge on any atom is -0.385 e. The predicted molar refractivity (Wildman–Crippen MR) is 56.3 cm³/mol. The highest BCUT2D eigenvalue weighted by Gasteiger charge is 2.24. The number of ether oxygens (including phenoxy) is 1. The SMILES string of the molecule is COCCCN(C)CC1CCCC1=O. The topological polar surface area (TPSA) is 29.5 Å². The Kier molecular flexibility index (Phi) is 5.12. The molecular formula is C11H21NO2. The number of hydrogen-bond donors (Lipinski definition) is 0. The van der Waals surface area contributed by atoms with Crippen molar-refractivity contribution < 1.29 is 9.53 Å². The van der Waals surface area contributed by atoms with E-state index in [0.29, 0.717) is 11.7 Å². The Bertz CT molecular complexity index is 182. The van der Waals surface area contributed by atoms with Gasteiger partial charge in [0.2, 0.25) is 0 Å². The molecule has 0 aliphatic heterocycles. The van der Waals surface area contributed by atoms with Crippen LogP contribution in [0.1, 0.15) is 25.7 Å². The van der Waals surface area contributed by atoms with E-state index >= 15 is 0 Å². The van der Waals surface area contributed by atoms with Gasteiger partial charge in [0.25, 0.3) is 0 Å². The van der Waals surface area contributed by atoms with E-state index in [4.69, 9.17) is 4.74 Å². The largest absolute Gasteiger partial charge is 0.385 e. The average Bonchev–Trinajstić information content (AvgIpc) is 2.52. The number of carbonyl (C=O) groups is 1. The van der Waals surface area contributed by atoms with Crippen LogP contribution in [0.25, 0.3) is 0 Å². The summed E-state index contributed by atoms with van der Waals surface area (Å²) in [7, 11) is 3.81. The van der Waals surface area contributed by atoms with Crippen molar-refractivity contribution in [1.29, 1.82) is 0 Å².